The summed E-state index contributed by atoms with van der Waals surface area (Å²) in [6.07, 6.45) is 4.75. The Labute approximate surface area is 156 Å². The van der Waals surface area contributed by atoms with Crippen LogP contribution in [-0.4, -0.2) is 35.3 Å². The molecule has 0 spiro atoms. The van der Waals surface area contributed by atoms with Gasteiger partial charge in [0.15, 0.2) is 0 Å². The van der Waals surface area contributed by atoms with Gasteiger partial charge in [0, 0.05) is 17.6 Å². The standard InChI is InChI=1S/C17H19BrN4O.ClH/c1-12-16(17(23)20-10-13-6-8-19-9-7-13)11-21-22(12)15-4-2-14(18)3-5-15;/h2-6,11,19H,7-10H2,1H3,(H,20,23);1H. The number of rotatable bonds is 4. The molecular weight excluding hydrogens is 392 g/mol. The monoisotopic (exact) mass is 410 g/mol. The molecule has 0 unspecified atom stereocenters. The number of aromatic nitrogens is 2. The van der Waals surface area contributed by atoms with Gasteiger partial charge in [0.05, 0.1) is 23.1 Å². The quantitative estimate of drug-likeness (QED) is 0.760. The van der Waals surface area contributed by atoms with Crippen molar-refractivity contribution in [2.75, 3.05) is 19.6 Å². The molecule has 2 N–H and O–H groups in total. The molecule has 7 heteroatoms. The Balaban J connectivity index is 0.00000208. The minimum absolute atomic E-state index is 0. The highest BCUT2D eigenvalue weighted by Gasteiger charge is 2.15. The largest absolute Gasteiger partial charge is 0.348 e. The zero-order chi connectivity index (χ0) is 16.2. The number of nitrogens with one attached hydrogen (secondary N) is 2. The van der Waals surface area contributed by atoms with Crippen molar-refractivity contribution in [2.24, 2.45) is 0 Å². The van der Waals surface area contributed by atoms with Gasteiger partial charge in [-0.25, -0.2) is 4.68 Å². The summed E-state index contributed by atoms with van der Waals surface area (Å²) in [5.41, 5.74) is 3.66. The van der Waals surface area contributed by atoms with E-state index in [-0.39, 0.29) is 18.3 Å². The molecule has 1 aliphatic heterocycles. The summed E-state index contributed by atoms with van der Waals surface area (Å²) in [5, 5.41) is 10.6. The third-order valence-electron chi connectivity index (χ3n) is 3.96. The van der Waals surface area contributed by atoms with Crippen molar-refractivity contribution >= 4 is 34.2 Å². The number of benzene rings is 1. The Hall–Kier alpha value is -1.63. The number of carbonyl (C=O) groups is 1. The van der Waals surface area contributed by atoms with Gasteiger partial charge in [-0.05, 0) is 44.2 Å². The van der Waals surface area contributed by atoms with Gasteiger partial charge in [0.1, 0.15) is 0 Å². The molecule has 0 fully saturated rings. The number of hydrogen-bond acceptors (Lipinski definition) is 3. The molecule has 0 bridgehead atoms. The molecule has 1 aliphatic rings. The molecule has 1 aromatic carbocycles. The van der Waals surface area contributed by atoms with Crippen molar-refractivity contribution in [2.45, 2.75) is 13.3 Å². The first-order valence-electron chi connectivity index (χ1n) is 7.62. The van der Waals surface area contributed by atoms with E-state index in [9.17, 15) is 4.79 Å². The second-order valence-electron chi connectivity index (χ2n) is 5.53. The lowest BCUT2D eigenvalue weighted by Crippen LogP contribution is -2.29. The van der Waals surface area contributed by atoms with Crippen LogP contribution in [0.3, 0.4) is 0 Å². The van der Waals surface area contributed by atoms with Crippen LogP contribution in [0.5, 0.6) is 0 Å². The van der Waals surface area contributed by atoms with Gasteiger partial charge in [-0.2, -0.15) is 5.10 Å². The first-order chi connectivity index (χ1) is 11.1. The van der Waals surface area contributed by atoms with E-state index in [1.165, 1.54) is 5.57 Å². The van der Waals surface area contributed by atoms with Crippen molar-refractivity contribution in [1.29, 1.82) is 0 Å². The minimum atomic E-state index is -0.0784. The van der Waals surface area contributed by atoms with Crippen LogP contribution in [0.2, 0.25) is 0 Å². The van der Waals surface area contributed by atoms with E-state index in [2.05, 4.69) is 37.7 Å². The highest BCUT2D eigenvalue weighted by atomic mass is 79.9. The predicted octanol–water partition coefficient (Wildman–Crippen LogP) is 3.01. The van der Waals surface area contributed by atoms with Gasteiger partial charge < -0.3 is 10.6 Å². The van der Waals surface area contributed by atoms with Crippen LogP contribution >= 0.6 is 28.3 Å². The molecular formula is C17H20BrClN4O. The number of carbonyl (C=O) groups excluding carboxylic acids is 1. The first kappa shape index (κ1) is 18.7. The van der Waals surface area contributed by atoms with E-state index in [4.69, 9.17) is 0 Å². The number of nitrogens with zero attached hydrogens (tertiary/aromatic N) is 2. The van der Waals surface area contributed by atoms with Crippen LogP contribution in [0.15, 0.2) is 46.6 Å². The number of amides is 1. The Morgan fingerprint density at radius 2 is 2.12 bits per heavy atom. The van der Waals surface area contributed by atoms with Crippen LogP contribution in [0.25, 0.3) is 5.69 Å². The Bertz CT molecular complexity index is 740. The smallest absolute Gasteiger partial charge is 0.255 e. The van der Waals surface area contributed by atoms with E-state index in [1.54, 1.807) is 10.9 Å². The number of hydrogen-bond donors (Lipinski definition) is 2. The zero-order valence-electron chi connectivity index (χ0n) is 13.4. The highest BCUT2D eigenvalue weighted by Crippen LogP contribution is 2.17. The van der Waals surface area contributed by atoms with E-state index in [0.29, 0.717) is 12.1 Å². The zero-order valence-corrected chi connectivity index (χ0v) is 15.8. The van der Waals surface area contributed by atoms with Gasteiger partial charge in [0.25, 0.3) is 5.91 Å². The van der Waals surface area contributed by atoms with Gasteiger partial charge in [0.2, 0.25) is 0 Å². The summed E-state index contributed by atoms with van der Waals surface area (Å²) in [7, 11) is 0. The second kappa shape index (κ2) is 8.46. The van der Waals surface area contributed by atoms with Crippen LogP contribution in [0, 0.1) is 6.92 Å². The van der Waals surface area contributed by atoms with E-state index < -0.39 is 0 Å². The maximum absolute atomic E-state index is 12.4. The number of halogens is 2. The fraction of sp³-hybridized carbons (Fsp3) is 0.294. The van der Waals surface area contributed by atoms with Crippen LogP contribution in [0.1, 0.15) is 22.5 Å². The molecule has 24 heavy (non-hydrogen) atoms. The average molecular weight is 412 g/mol. The van der Waals surface area contributed by atoms with Crippen LogP contribution in [0.4, 0.5) is 0 Å². The van der Waals surface area contributed by atoms with E-state index in [0.717, 1.165) is 35.4 Å². The van der Waals surface area contributed by atoms with Crippen molar-refractivity contribution < 1.29 is 4.79 Å². The molecule has 2 heterocycles. The molecule has 0 atom stereocenters. The van der Waals surface area contributed by atoms with E-state index in [1.807, 2.05) is 31.2 Å². The van der Waals surface area contributed by atoms with Crippen molar-refractivity contribution in [3.8, 4) is 5.69 Å². The summed E-state index contributed by atoms with van der Waals surface area (Å²) in [6, 6.07) is 7.84. The van der Waals surface area contributed by atoms with Gasteiger partial charge >= 0.3 is 0 Å². The van der Waals surface area contributed by atoms with Crippen LogP contribution < -0.4 is 10.6 Å². The SMILES string of the molecule is Cc1c(C(=O)NCC2=CCNCC2)cnn1-c1ccc(Br)cc1.Cl. The molecule has 0 aliphatic carbocycles. The molecule has 0 saturated carbocycles. The third kappa shape index (κ3) is 4.26. The highest BCUT2D eigenvalue weighted by molar-refractivity contribution is 9.10. The van der Waals surface area contributed by atoms with Crippen molar-refractivity contribution in [3.63, 3.8) is 0 Å². The Morgan fingerprint density at radius 1 is 1.38 bits per heavy atom. The summed E-state index contributed by atoms with van der Waals surface area (Å²) in [4.78, 5) is 12.4. The lowest BCUT2D eigenvalue weighted by atomic mass is 10.1. The second-order valence-corrected chi connectivity index (χ2v) is 6.45. The van der Waals surface area contributed by atoms with Gasteiger partial charge in [-0.3, -0.25) is 4.79 Å². The van der Waals surface area contributed by atoms with Crippen molar-refractivity contribution in [3.05, 3.63) is 57.8 Å². The molecule has 3 rings (SSSR count). The minimum Gasteiger partial charge on any atom is -0.348 e. The first-order valence-corrected chi connectivity index (χ1v) is 8.42. The Morgan fingerprint density at radius 3 is 2.79 bits per heavy atom. The molecule has 2 aromatic rings. The van der Waals surface area contributed by atoms with Gasteiger partial charge in [-0.1, -0.05) is 27.6 Å². The molecule has 5 nitrogen and oxygen atoms in total. The molecule has 0 radical (unpaired) electrons. The third-order valence-corrected chi connectivity index (χ3v) is 4.49. The summed E-state index contributed by atoms with van der Waals surface area (Å²) in [5.74, 6) is -0.0784. The lowest BCUT2D eigenvalue weighted by Gasteiger charge is -2.14. The molecule has 128 valence electrons. The molecule has 1 aromatic heterocycles. The maximum atomic E-state index is 12.4. The maximum Gasteiger partial charge on any atom is 0.255 e. The fourth-order valence-electron chi connectivity index (χ4n) is 2.59. The normalized spacial score (nSPS) is 13.8. The summed E-state index contributed by atoms with van der Waals surface area (Å²) >= 11 is 3.42. The topological polar surface area (TPSA) is 59.0 Å². The molecule has 0 saturated heterocycles. The van der Waals surface area contributed by atoms with Crippen molar-refractivity contribution in [1.82, 2.24) is 20.4 Å². The van der Waals surface area contributed by atoms with Gasteiger partial charge in [-0.15, -0.1) is 12.4 Å². The summed E-state index contributed by atoms with van der Waals surface area (Å²) in [6.45, 7) is 4.37. The average Bonchev–Trinajstić information content (AvgIpc) is 2.96. The lowest BCUT2D eigenvalue weighted by molar-refractivity contribution is 0.0956. The van der Waals surface area contributed by atoms with E-state index >= 15 is 0 Å². The fourth-order valence-corrected chi connectivity index (χ4v) is 2.86. The summed E-state index contributed by atoms with van der Waals surface area (Å²) < 4.78 is 2.80. The molecule has 1 amide bonds. The Kier molecular flexibility index (Phi) is 6.60. The predicted molar refractivity (Wildman–Crippen MR) is 101 cm³/mol. The van der Waals surface area contributed by atoms with Crippen LogP contribution in [-0.2, 0) is 0 Å².